The number of fused-ring (bicyclic) bond motifs is 1. The molecule has 1 saturated heterocycles. The van der Waals surface area contributed by atoms with Crippen LogP contribution in [0.1, 0.15) is 45.8 Å². The van der Waals surface area contributed by atoms with Crippen LogP contribution in [0.3, 0.4) is 0 Å². The standard InChI is InChI=1S/C20H26N4O2S/c25-19(21-7-3-11-24-12-4-8-22-24)15-5-6-17-16(13-15)14-18(27-17)20(26)23-9-1-2-10-23/h4,8,12,14-15H,1-3,5-7,9-11,13H2,(H,21,25)/t15-/m0/s1. The number of amides is 2. The number of nitrogens with one attached hydrogen (secondary N) is 1. The molecule has 0 spiro atoms. The number of hydrogen-bond donors (Lipinski definition) is 1. The van der Waals surface area contributed by atoms with Crippen LogP contribution < -0.4 is 5.32 Å². The van der Waals surface area contributed by atoms with E-state index in [2.05, 4.69) is 10.4 Å². The van der Waals surface area contributed by atoms with Crippen LogP contribution >= 0.6 is 11.3 Å². The Morgan fingerprint density at radius 2 is 2.15 bits per heavy atom. The minimum Gasteiger partial charge on any atom is -0.356 e. The van der Waals surface area contributed by atoms with E-state index in [1.807, 2.05) is 27.9 Å². The van der Waals surface area contributed by atoms with Gasteiger partial charge in [-0.25, -0.2) is 0 Å². The van der Waals surface area contributed by atoms with Crippen molar-refractivity contribution in [2.24, 2.45) is 5.92 Å². The van der Waals surface area contributed by atoms with Gasteiger partial charge in [-0.1, -0.05) is 0 Å². The Morgan fingerprint density at radius 3 is 2.93 bits per heavy atom. The number of thiophene rings is 1. The van der Waals surface area contributed by atoms with Crippen LogP contribution in [0.15, 0.2) is 24.5 Å². The van der Waals surface area contributed by atoms with Crippen molar-refractivity contribution in [2.45, 2.75) is 45.1 Å². The summed E-state index contributed by atoms with van der Waals surface area (Å²) in [5.74, 6) is 0.331. The molecule has 2 aromatic heterocycles. The Morgan fingerprint density at radius 1 is 1.30 bits per heavy atom. The normalized spacial score (nSPS) is 19.1. The van der Waals surface area contributed by atoms with Crippen LogP contribution in [0.4, 0.5) is 0 Å². The Labute approximate surface area is 163 Å². The number of rotatable bonds is 6. The molecule has 144 valence electrons. The highest BCUT2D eigenvalue weighted by atomic mass is 32.1. The number of carbonyl (C=O) groups excluding carboxylic acids is 2. The highest BCUT2D eigenvalue weighted by molar-refractivity contribution is 7.14. The average molecular weight is 387 g/mol. The number of hydrogen-bond acceptors (Lipinski definition) is 4. The molecule has 0 unspecified atom stereocenters. The first-order valence-electron chi connectivity index (χ1n) is 9.87. The second kappa shape index (κ2) is 8.25. The summed E-state index contributed by atoms with van der Waals surface area (Å²) in [5.41, 5.74) is 1.20. The molecule has 1 atom stereocenters. The maximum absolute atomic E-state index is 12.6. The first kappa shape index (κ1) is 18.2. The van der Waals surface area contributed by atoms with Crippen molar-refractivity contribution in [3.63, 3.8) is 0 Å². The number of nitrogens with zero attached hydrogens (tertiary/aromatic N) is 3. The monoisotopic (exact) mass is 386 g/mol. The summed E-state index contributed by atoms with van der Waals surface area (Å²) < 4.78 is 1.88. The predicted molar refractivity (Wildman–Crippen MR) is 105 cm³/mol. The molecule has 1 aliphatic heterocycles. The van der Waals surface area contributed by atoms with Gasteiger partial charge in [0.2, 0.25) is 5.91 Å². The summed E-state index contributed by atoms with van der Waals surface area (Å²) in [4.78, 5) is 29.2. The molecular weight excluding hydrogens is 360 g/mol. The van der Waals surface area contributed by atoms with E-state index in [0.717, 1.165) is 63.0 Å². The van der Waals surface area contributed by atoms with Crippen molar-refractivity contribution in [2.75, 3.05) is 19.6 Å². The lowest BCUT2D eigenvalue weighted by Crippen LogP contribution is -2.34. The third kappa shape index (κ3) is 4.24. The summed E-state index contributed by atoms with van der Waals surface area (Å²) in [7, 11) is 0. The predicted octanol–water partition coefficient (Wildman–Crippen LogP) is 2.49. The van der Waals surface area contributed by atoms with E-state index in [4.69, 9.17) is 0 Å². The van der Waals surface area contributed by atoms with Gasteiger partial charge >= 0.3 is 0 Å². The van der Waals surface area contributed by atoms with Gasteiger partial charge in [0.25, 0.3) is 5.91 Å². The fraction of sp³-hybridized carbons (Fsp3) is 0.550. The van der Waals surface area contributed by atoms with E-state index in [-0.39, 0.29) is 17.7 Å². The van der Waals surface area contributed by atoms with E-state index in [9.17, 15) is 9.59 Å². The van der Waals surface area contributed by atoms with Crippen molar-refractivity contribution in [3.8, 4) is 0 Å². The van der Waals surface area contributed by atoms with Crippen molar-refractivity contribution in [3.05, 3.63) is 39.8 Å². The van der Waals surface area contributed by atoms with Crippen molar-refractivity contribution in [1.82, 2.24) is 20.0 Å². The van der Waals surface area contributed by atoms with Crippen LogP contribution in [0.2, 0.25) is 0 Å². The minimum absolute atomic E-state index is 0.0199. The molecule has 2 amide bonds. The Balaban J connectivity index is 1.28. The Kier molecular flexibility index (Phi) is 5.57. The number of carbonyl (C=O) groups is 2. The molecule has 0 bridgehead atoms. The maximum atomic E-state index is 12.6. The van der Waals surface area contributed by atoms with Crippen LogP contribution in [-0.4, -0.2) is 46.1 Å². The molecule has 2 aromatic rings. The van der Waals surface area contributed by atoms with E-state index in [0.29, 0.717) is 6.54 Å². The van der Waals surface area contributed by atoms with E-state index in [1.165, 1.54) is 10.4 Å². The zero-order valence-electron chi connectivity index (χ0n) is 15.5. The summed E-state index contributed by atoms with van der Waals surface area (Å²) in [6, 6.07) is 3.94. The smallest absolute Gasteiger partial charge is 0.263 e. The second-order valence-electron chi connectivity index (χ2n) is 7.41. The molecule has 6 nitrogen and oxygen atoms in total. The third-order valence-electron chi connectivity index (χ3n) is 5.48. The zero-order valence-corrected chi connectivity index (χ0v) is 16.3. The molecule has 1 fully saturated rings. The van der Waals surface area contributed by atoms with Crippen LogP contribution in [0, 0.1) is 5.92 Å². The topological polar surface area (TPSA) is 67.2 Å². The van der Waals surface area contributed by atoms with Gasteiger partial charge in [-0.3, -0.25) is 14.3 Å². The molecule has 2 aliphatic rings. The van der Waals surface area contributed by atoms with Gasteiger partial charge in [0, 0.05) is 49.4 Å². The van der Waals surface area contributed by atoms with Gasteiger partial charge in [0.1, 0.15) is 0 Å². The summed E-state index contributed by atoms with van der Waals surface area (Å²) >= 11 is 1.63. The van der Waals surface area contributed by atoms with E-state index in [1.54, 1.807) is 17.5 Å². The van der Waals surface area contributed by atoms with Gasteiger partial charge in [0.05, 0.1) is 4.88 Å². The molecule has 1 N–H and O–H groups in total. The lowest BCUT2D eigenvalue weighted by Gasteiger charge is -2.21. The van der Waals surface area contributed by atoms with E-state index >= 15 is 0 Å². The largest absolute Gasteiger partial charge is 0.356 e. The van der Waals surface area contributed by atoms with Gasteiger partial charge in [-0.2, -0.15) is 5.10 Å². The summed E-state index contributed by atoms with van der Waals surface area (Å²) in [6.07, 6.45) is 9.32. The Bertz CT molecular complexity index is 793. The molecule has 1 aliphatic carbocycles. The summed E-state index contributed by atoms with van der Waals surface area (Å²) in [6.45, 7) is 3.24. The Hall–Kier alpha value is -2.15. The van der Waals surface area contributed by atoms with Crippen molar-refractivity contribution >= 4 is 23.2 Å². The number of aromatic nitrogens is 2. The molecule has 27 heavy (non-hydrogen) atoms. The zero-order chi connectivity index (χ0) is 18.6. The van der Waals surface area contributed by atoms with E-state index < -0.39 is 0 Å². The lowest BCUT2D eigenvalue weighted by atomic mass is 9.87. The fourth-order valence-electron chi connectivity index (χ4n) is 3.96. The third-order valence-corrected chi connectivity index (χ3v) is 6.71. The molecule has 7 heteroatoms. The van der Waals surface area contributed by atoms with Crippen LogP contribution in [-0.2, 0) is 24.2 Å². The van der Waals surface area contributed by atoms with Crippen molar-refractivity contribution in [1.29, 1.82) is 0 Å². The van der Waals surface area contributed by atoms with Gasteiger partial charge in [0.15, 0.2) is 0 Å². The molecule has 0 aromatic carbocycles. The quantitative estimate of drug-likeness (QED) is 0.776. The second-order valence-corrected chi connectivity index (χ2v) is 8.55. The van der Waals surface area contributed by atoms with Crippen LogP contribution in [0.25, 0.3) is 0 Å². The SMILES string of the molecule is O=C(NCCCn1cccn1)[C@H]1CCc2sc(C(=O)N3CCCC3)cc2C1. The molecular formula is C20H26N4O2S. The van der Waals surface area contributed by atoms with Gasteiger partial charge in [-0.05, 0) is 56.2 Å². The number of aryl methyl sites for hydroxylation is 2. The highest BCUT2D eigenvalue weighted by Crippen LogP contribution is 2.33. The van der Waals surface area contributed by atoms with Crippen LogP contribution in [0.5, 0.6) is 0 Å². The molecule has 0 radical (unpaired) electrons. The average Bonchev–Trinajstić information content (AvgIpc) is 3.45. The fourth-order valence-corrected chi connectivity index (χ4v) is 5.13. The maximum Gasteiger partial charge on any atom is 0.263 e. The number of likely N-dealkylation sites (tertiary alicyclic amines) is 1. The van der Waals surface area contributed by atoms with Gasteiger partial charge in [-0.15, -0.1) is 11.3 Å². The highest BCUT2D eigenvalue weighted by Gasteiger charge is 2.28. The lowest BCUT2D eigenvalue weighted by molar-refractivity contribution is -0.125. The molecule has 4 rings (SSSR count). The first-order valence-corrected chi connectivity index (χ1v) is 10.7. The molecule has 3 heterocycles. The minimum atomic E-state index is 0.0199. The van der Waals surface area contributed by atoms with Crippen molar-refractivity contribution < 1.29 is 9.59 Å². The summed E-state index contributed by atoms with van der Waals surface area (Å²) in [5, 5.41) is 7.24. The molecule has 0 saturated carbocycles. The van der Waals surface area contributed by atoms with Gasteiger partial charge < -0.3 is 10.2 Å². The first-order chi connectivity index (χ1) is 13.2.